The van der Waals surface area contributed by atoms with Gasteiger partial charge in [-0.3, -0.25) is 9.10 Å². The summed E-state index contributed by atoms with van der Waals surface area (Å²) in [7, 11) is -3.47. The number of amides is 1. The van der Waals surface area contributed by atoms with Crippen LogP contribution in [0.5, 0.6) is 5.75 Å². The van der Waals surface area contributed by atoms with Gasteiger partial charge in [0.05, 0.1) is 11.9 Å². The molecule has 0 spiro atoms. The largest absolute Gasteiger partial charge is 0.478 e. The van der Waals surface area contributed by atoms with Gasteiger partial charge in [0.15, 0.2) is 6.10 Å². The van der Waals surface area contributed by atoms with Crippen molar-refractivity contribution in [1.82, 2.24) is 5.32 Å². The molecule has 0 aliphatic carbocycles. The van der Waals surface area contributed by atoms with Crippen LogP contribution in [0.2, 0.25) is 0 Å². The highest BCUT2D eigenvalue weighted by Crippen LogP contribution is 2.33. The summed E-state index contributed by atoms with van der Waals surface area (Å²) in [6, 6.07) is 13.1. The lowest BCUT2D eigenvalue weighted by molar-refractivity contribution is -0.128. The summed E-state index contributed by atoms with van der Waals surface area (Å²) in [5.41, 5.74) is 1.44. The van der Waals surface area contributed by atoms with Crippen LogP contribution < -0.4 is 14.4 Å². The Kier molecular flexibility index (Phi) is 6.18. The third kappa shape index (κ3) is 5.01. The monoisotopic (exact) mass is 406 g/mol. The molecule has 28 heavy (non-hydrogen) atoms. The van der Waals surface area contributed by atoms with Gasteiger partial charge in [-0.1, -0.05) is 24.3 Å². The molecule has 8 heteroatoms. The van der Waals surface area contributed by atoms with Crippen LogP contribution in [0.25, 0.3) is 0 Å². The zero-order valence-corrected chi connectivity index (χ0v) is 16.4. The summed E-state index contributed by atoms with van der Waals surface area (Å²) >= 11 is 0. The third-order valence-electron chi connectivity index (χ3n) is 4.55. The van der Waals surface area contributed by atoms with Gasteiger partial charge in [-0.2, -0.15) is 0 Å². The molecule has 0 radical (unpaired) electrons. The molecule has 1 unspecified atom stereocenters. The SMILES string of the molecule is CS(=O)(=O)N1CCC(C(=O)NCCCc2ccc(F)cc2)Oc2ccccc21. The van der Waals surface area contributed by atoms with E-state index in [9.17, 15) is 17.6 Å². The molecule has 1 atom stereocenters. The molecule has 3 rings (SSSR count). The first-order chi connectivity index (χ1) is 13.3. The average molecular weight is 406 g/mol. The fourth-order valence-corrected chi connectivity index (χ4v) is 4.07. The van der Waals surface area contributed by atoms with E-state index < -0.39 is 16.1 Å². The molecule has 0 bridgehead atoms. The third-order valence-corrected chi connectivity index (χ3v) is 5.72. The van der Waals surface area contributed by atoms with E-state index in [1.54, 1.807) is 36.4 Å². The van der Waals surface area contributed by atoms with Crippen LogP contribution in [0.15, 0.2) is 48.5 Å². The number of aryl methyl sites for hydroxylation is 1. The molecule has 1 amide bonds. The van der Waals surface area contributed by atoms with Crippen LogP contribution in [0, 0.1) is 5.82 Å². The van der Waals surface area contributed by atoms with Crippen molar-refractivity contribution < 1.29 is 22.3 Å². The van der Waals surface area contributed by atoms with Gasteiger partial charge in [0, 0.05) is 19.5 Å². The minimum Gasteiger partial charge on any atom is -0.478 e. The van der Waals surface area contributed by atoms with Crippen LogP contribution in [0.1, 0.15) is 18.4 Å². The fraction of sp³-hybridized carbons (Fsp3) is 0.350. The van der Waals surface area contributed by atoms with Crippen molar-refractivity contribution in [2.75, 3.05) is 23.7 Å². The number of sulfonamides is 1. The smallest absolute Gasteiger partial charge is 0.261 e. The minimum absolute atomic E-state index is 0.170. The van der Waals surface area contributed by atoms with Gasteiger partial charge in [-0.25, -0.2) is 12.8 Å². The summed E-state index contributed by atoms with van der Waals surface area (Å²) in [5, 5.41) is 2.84. The Bertz CT molecular complexity index is 931. The number of rotatable bonds is 6. The maximum Gasteiger partial charge on any atom is 0.261 e. The Labute approximate surface area is 164 Å². The number of ether oxygens (including phenoxy) is 1. The molecule has 0 saturated heterocycles. The number of nitrogens with zero attached hydrogens (tertiary/aromatic N) is 1. The van der Waals surface area contributed by atoms with Crippen molar-refractivity contribution in [2.24, 2.45) is 0 Å². The molecule has 1 aliphatic rings. The predicted octanol–water partition coefficient (Wildman–Crippen LogP) is 2.49. The fourth-order valence-electron chi connectivity index (χ4n) is 3.13. The van der Waals surface area contributed by atoms with Crippen LogP contribution in [-0.2, 0) is 21.2 Å². The quantitative estimate of drug-likeness (QED) is 0.748. The second-order valence-electron chi connectivity index (χ2n) is 6.72. The van der Waals surface area contributed by atoms with Gasteiger partial charge in [0.2, 0.25) is 10.0 Å². The number of carbonyl (C=O) groups is 1. The van der Waals surface area contributed by atoms with Gasteiger partial charge in [0.1, 0.15) is 11.6 Å². The zero-order valence-electron chi connectivity index (χ0n) is 15.6. The average Bonchev–Trinajstić information content (AvgIpc) is 2.86. The number of carbonyl (C=O) groups excluding carboxylic acids is 1. The van der Waals surface area contributed by atoms with Crippen molar-refractivity contribution in [3.63, 3.8) is 0 Å². The summed E-state index contributed by atoms with van der Waals surface area (Å²) in [5.74, 6) is -0.174. The topological polar surface area (TPSA) is 75.7 Å². The van der Waals surface area contributed by atoms with Crippen molar-refractivity contribution in [2.45, 2.75) is 25.4 Å². The number of benzene rings is 2. The molecule has 1 aliphatic heterocycles. The van der Waals surface area contributed by atoms with Crippen molar-refractivity contribution in [3.05, 3.63) is 59.9 Å². The number of para-hydroxylation sites is 2. The Hall–Kier alpha value is -2.61. The first kappa shape index (κ1) is 20.1. The van der Waals surface area contributed by atoms with E-state index >= 15 is 0 Å². The van der Waals surface area contributed by atoms with Crippen LogP contribution in [-0.4, -0.2) is 39.8 Å². The number of nitrogens with one attached hydrogen (secondary N) is 1. The standard InChI is InChI=1S/C20H23FN2O4S/c1-28(25,26)23-14-12-19(27-18-7-3-2-6-17(18)23)20(24)22-13-4-5-15-8-10-16(21)11-9-15/h2-3,6-11,19H,4-5,12-14H2,1H3,(H,22,24). The molecule has 0 aromatic heterocycles. The van der Waals surface area contributed by atoms with Crippen LogP contribution in [0.4, 0.5) is 10.1 Å². The second kappa shape index (κ2) is 8.60. The van der Waals surface area contributed by atoms with Gasteiger partial charge < -0.3 is 10.1 Å². The Morgan fingerprint density at radius 1 is 1.21 bits per heavy atom. The van der Waals surface area contributed by atoms with E-state index in [4.69, 9.17) is 4.74 Å². The minimum atomic E-state index is -3.47. The highest BCUT2D eigenvalue weighted by molar-refractivity contribution is 7.92. The van der Waals surface area contributed by atoms with E-state index in [-0.39, 0.29) is 24.7 Å². The Morgan fingerprint density at radius 3 is 2.64 bits per heavy atom. The molecule has 6 nitrogen and oxygen atoms in total. The summed E-state index contributed by atoms with van der Waals surface area (Å²) in [6.45, 7) is 0.622. The molecular weight excluding hydrogens is 383 g/mol. The first-order valence-corrected chi connectivity index (χ1v) is 10.9. The van der Waals surface area contributed by atoms with Gasteiger partial charge in [-0.15, -0.1) is 0 Å². The molecular formula is C20H23FN2O4S. The van der Waals surface area contributed by atoms with E-state index in [2.05, 4.69) is 5.32 Å². The summed E-state index contributed by atoms with van der Waals surface area (Å²) in [4.78, 5) is 12.5. The first-order valence-electron chi connectivity index (χ1n) is 9.10. The highest BCUT2D eigenvalue weighted by atomic mass is 32.2. The molecule has 0 fully saturated rings. The Morgan fingerprint density at radius 2 is 1.93 bits per heavy atom. The molecule has 2 aromatic rings. The molecule has 150 valence electrons. The van der Waals surface area contributed by atoms with Gasteiger partial charge in [-0.05, 0) is 42.7 Å². The van der Waals surface area contributed by atoms with Gasteiger partial charge >= 0.3 is 0 Å². The van der Waals surface area contributed by atoms with E-state index in [0.29, 0.717) is 24.4 Å². The van der Waals surface area contributed by atoms with Crippen molar-refractivity contribution in [1.29, 1.82) is 0 Å². The van der Waals surface area contributed by atoms with E-state index in [1.165, 1.54) is 16.4 Å². The summed E-state index contributed by atoms with van der Waals surface area (Å²) < 4.78 is 44.2. The highest BCUT2D eigenvalue weighted by Gasteiger charge is 2.30. The van der Waals surface area contributed by atoms with E-state index in [0.717, 1.165) is 18.2 Å². The number of hydrogen-bond donors (Lipinski definition) is 1. The van der Waals surface area contributed by atoms with Crippen molar-refractivity contribution in [3.8, 4) is 5.75 Å². The number of fused-ring (bicyclic) bond motifs is 1. The van der Waals surface area contributed by atoms with Gasteiger partial charge in [0.25, 0.3) is 5.91 Å². The second-order valence-corrected chi connectivity index (χ2v) is 8.63. The zero-order chi connectivity index (χ0) is 20.1. The maximum atomic E-state index is 12.9. The van der Waals surface area contributed by atoms with Crippen LogP contribution >= 0.6 is 0 Å². The predicted molar refractivity (Wildman–Crippen MR) is 105 cm³/mol. The van der Waals surface area contributed by atoms with Crippen LogP contribution in [0.3, 0.4) is 0 Å². The Balaban J connectivity index is 1.58. The molecule has 2 aromatic carbocycles. The lowest BCUT2D eigenvalue weighted by atomic mass is 10.1. The lowest BCUT2D eigenvalue weighted by Gasteiger charge is -2.20. The van der Waals surface area contributed by atoms with E-state index in [1.807, 2.05) is 0 Å². The number of hydrogen-bond acceptors (Lipinski definition) is 4. The molecule has 0 saturated carbocycles. The summed E-state index contributed by atoms with van der Waals surface area (Å²) in [6.07, 6.45) is 2.05. The molecule has 1 N–H and O–H groups in total. The maximum absolute atomic E-state index is 12.9. The number of anilines is 1. The van der Waals surface area contributed by atoms with Crippen molar-refractivity contribution >= 4 is 21.6 Å². The normalized spacial score (nSPS) is 16.6. The lowest BCUT2D eigenvalue weighted by Crippen LogP contribution is -2.40. The molecule has 1 heterocycles. The number of halogens is 1.